The molecule has 1 atom stereocenters. The van der Waals surface area contributed by atoms with Crippen LogP contribution in [0.5, 0.6) is 5.75 Å². The first-order valence-electron chi connectivity index (χ1n) is 11.5. The minimum Gasteiger partial charge on any atom is -0.495 e. The number of pyridine rings is 1. The molecule has 8 heteroatoms. The van der Waals surface area contributed by atoms with Crippen LogP contribution < -0.4 is 15.4 Å². The molecule has 0 spiro atoms. The van der Waals surface area contributed by atoms with Gasteiger partial charge in [-0.05, 0) is 48.4 Å². The summed E-state index contributed by atoms with van der Waals surface area (Å²) in [5, 5.41) is 7.90. The third kappa shape index (κ3) is 4.34. The second kappa shape index (κ2) is 8.78. The number of nitrogens with one attached hydrogen (secondary N) is 2. The summed E-state index contributed by atoms with van der Waals surface area (Å²) in [4.78, 5) is 20.3. The number of anilines is 3. The summed E-state index contributed by atoms with van der Waals surface area (Å²) in [6.07, 6.45) is 8.10. The average molecular weight is 468 g/mol. The van der Waals surface area contributed by atoms with Crippen molar-refractivity contribution in [2.45, 2.75) is 37.6 Å². The Morgan fingerprint density at radius 3 is 2.82 bits per heavy atom. The number of carbonyl (C=O) groups excluding carboxylic acids is 1. The summed E-state index contributed by atoms with van der Waals surface area (Å²) < 4.78 is 5.54. The zero-order chi connectivity index (χ0) is 23.1. The summed E-state index contributed by atoms with van der Waals surface area (Å²) in [5.74, 6) is 2.15. The van der Waals surface area contributed by atoms with Crippen LogP contribution in [0.2, 0.25) is 5.02 Å². The first-order valence-corrected chi connectivity index (χ1v) is 11.9. The average Bonchev–Trinajstić information content (AvgIpc) is 3.57. The van der Waals surface area contributed by atoms with Gasteiger partial charge < -0.3 is 25.2 Å². The van der Waals surface area contributed by atoms with E-state index in [-0.39, 0.29) is 12.1 Å². The number of halogens is 1. The van der Waals surface area contributed by atoms with E-state index in [1.807, 2.05) is 23.2 Å². The highest BCUT2D eigenvalue weighted by Crippen LogP contribution is 2.47. The Labute approximate surface area is 199 Å². The summed E-state index contributed by atoms with van der Waals surface area (Å²) in [7, 11) is 5.24. The van der Waals surface area contributed by atoms with Gasteiger partial charge in [-0.2, -0.15) is 0 Å². The molecule has 0 radical (unpaired) electrons. The minimum absolute atomic E-state index is 0.0603. The highest BCUT2D eigenvalue weighted by molar-refractivity contribution is 6.33. The predicted molar refractivity (Wildman–Crippen MR) is 132 cm³/mol. The Bertz CT molecular complexity index is 1110. The van der Waals surface area contributed by atoms with Gasteiger partial charge in [0.15, 0.2) is 0 Å². The van der Waals surface area contributed by atoms with Crippen molar-refractivity contribution in [3.8, 4) is 5.75 Å². The number of ether oxygens (including phenoxy) is 1. The monoisotopic (exact) mass is 467 g/mol. The SMILES string of the molecule is COc1cc(Nc2ccnc3c2CC(C2=CCN(C(=O)N(C)C)CC2)N3)cc(C2CC2)c1Cl. The maximum atomic E-state index is 12.2. The molecule has 7 nitrogen and oxygen atoms in total. The number of nitrogens with zero attached hydrogens (tertiary/aromatic N) is 3. The largest absolute Gasteiger partial charge is 0.495 e. The molecule has 1 fully saturated rings. The fourth-order valence-electron chi connectivity index (χ4n) is 4.73. The Balaban J connectivity index is 1.34. The van der Waals surface area contributed by atoms with Gasteiger partial charge in [-0.15, -0.1) is 0 Å². The third-order valence-electron chi connectivity index (χ3n) is 6.70. The zero-order valence-corrected chi connectivity index (χ0v) is 20.1. The van der Waals surface area contributed by atoms with Crippen molar-refractivity contribution in [3.05, 3.63) is 52.2 Å². The lowest BCUT2D eigenvalue weighted by Crippen LogP contribution is -2.42. The van der Waals surface area contributed by atoms with E-state index in [0.717, 1.165) is 47.2 Å². The second-order valence-electron chi connectivity index (χ2n) is 9.22. The molecule has 1 unspecified atom stereocenters. The van der Waals surface area contributed by atoms with Crippen LogP contribution in [0, 0.1) is 0 Å². The van der Waals surface area contributed by atoms with Crippen molar-refractivity contribution in [1.82, 2.24) is 14.8 Å². The van der Waals surface area contributed by atoms with Crippen molar-refractivity contribution in [3.63, 3.8) is 0 Å². The molecule has 2 amide bonds. The number of hydrogen-bond acceptors (Lipinski definition) is 5. The summed E-state index contributed by atoms with van der Waals surface area (Å²) in [6.45, 7) is 1.39. The number of carbonyl (C=O) groups is 1. The number of fused-ring (bicyclic) bond motifs is 1. The molecule has 0 bridgehead atoms. The van der Waals surface area contributed by atoms with Gasteiger partial charge in [0, 0.05) is 62.8 Å². The molecule has 3 heterocycles. The van der Waals surface area contributed by atoms with E-state index in [2.05, 4.69) is 27.8 Å². The molecule has 2 N–H and O–H groups in total. The van der Waals surface area contributed by atoms with Crippen LogP contribution in [0.1, 0.15) is 36.3 Å². The molecular weight excluding hydrogens is 438 g/mol. The van der Waals surface area contributed by atoms with Gasteiger partial charge in [0.05, 0.1) is 18.2 Å². The summed E-state index contributed by atoms with van der Waals surface area (Å²) in [6, 6.07) is 6.39. The fourth-order valence-corrected chi connectivity index (χ4v) is 5.07. The standard InChI is InChI=1S/C25H30ClN5O2/c1-30(2)25(32)31-10-7-16(8-11-31)21-14-19-20(6-9-27-24(19)29-21)28-17-12-18(15-4-5-15)23(26)22(13-17)33-3/h6-7,9,12-13,15,21H,4-5,8,10-11,14H2,1-3H3,(H2,27,28,29). The van der Waals surface area contributed by atoms with Crippen molar-refractivity contribution < 1.29 is 9.53 Å². The van der Waals surface area contributed by atoms with Crippen LogP contribution in [0.3, 0.4) is 0 Å². The lowest BCUT2D eigenvalue weighted by Gasteiger charge is -2.30. The molecule has 1 aliphatic carbocycles. The van der Waals surface area contributed by atoms with Crippen molar-refractivity contribution in [2.75, 3.05) is 44.9 Å². The topological polar surface area (TPSA) is 69.7 Å². The Hall–Kier alpha value is -2.93. The molecule has 33 heavy (non-hydrogen) atoms. The second-order valence-corrected chi connectivity index (χ2v) is 9.60. The van der Waals surface area contributed by atoms with Gasteiger partial charge in [0.2, 0.25) is 0 Å². The maximum Gasteiger partial charge on any atom is 0.319 e. The quantitative estimate of drug-likeness (QED) is 0.604. The Kier molecular flexibility index (Phi) is 5.83. The molecule has 174 valence electrons. The lowest BCUT2D eigenvalue weighted by molar-refractivity contribution is 0.174. The Morgan fingerprint density at radius 2 is 2.15 bits per heavy atom. The number of hydrogen-bond donors (Lipinski definition) is 2. The molecule has 2 aliphatic heterocycles. The van der Waals surface area contributed by atoms with E-state index in [0.29, 0.717) is 18.2 Å². The number of urea groups is 1. The van der Waals surface area contributed by atoms with E-state index >= 15 is 0 Å². The highest BCUT2D eigenvalue weighted by atomic mass is 35.5. The van der Waals surface area contributed by atoms with Gasteiger partial charge >= 0.3 is 6.03 Å². The predicted octanol–water partition coefficient (Wildman–Crippen LogP) is 5.01. The molecule has 1 saturated carbocycles. The lowest BCUT2D eigenvalue weighted by atomic mass is 9.97. The van der Waals surface area contributed by atoms with E-state index in [9.17, 15) is 4.79 Å². The van der Waals surface area contributed by atoms with Gasteiger partial charge in [0.1, 0.15) is 11.6 Å². The van der Waals surface area contributed by atoms with Crippen LogP contribution in [0.4, 0.5) is 22.0 Å². The van der Waals surface area contributed by atoms with E-state index in [1.165, 1.54) is 24.0 Å². The van der Waals surface area contributed by atoms with E-state index in [1.54, 1.807) is 26.1 Å². The molecule has 0 saturated heterocycles. The van der Waals surface area contributed by atoms with Crippen LogP contribution in [0.25, 0.3) is 0 Å². The van der Waals surface area contributed by atoms with Crippen molar-refractivity contribution in [1.29, 1.82) is 0 Å². The molecule has 1 aromatic heterocycles. The van der Waals surface area contributed by atoms with E-state index in [4.69, 9.17) is 16.3 Å². The molecule has 1 aromatic carbocycles. The van der Waals surface area contributed by atoms with Crippen molar-refractivity contribution in [2.24, 2.45) is 0 Å². The molecular formula is C25H30ClN5O2. The number of rotatable bonds is 5. The number of benzene rings is 1. The zero-order valence-electron chi connectivity index (χ0n) is 19.3. The number of methoxy groups -OCH3 is 1. The van der Waals surface area contributed by atoms with E-state index < -0.39 is 0 Å². The van der Waals surface area contributed by atoms with Gasteiger partial charge in [-0.3, -0.25) is 0 Å². The normalized spacial score (nSPS) is 19.5. The smallest absolute Gasteiger partial charge is 0.319 e. The van der Waals surface area contributed by atoms with Crippen LogP contribution in [-0.2, 0) is 6.42 Å². The van der Waals surface area contributed by atoms with Crippen LogP contribution >= 0.6 is 11.6 Å². The first-order chi connectivity index (χ1) is 15.9. The van der Waals surface area contributed by atoms with Crippen molar-refractivity contribution >= 4 is 34.8 Å². The van der Waals surface area contributed by atoms with Gasteiger partial charge in [-0.1, -0.05) is 17.7 Å². The van der Waals surface area contributed by atoms with Gasteiger partial charge in [0.25, 0.3) is 0 Å². The van der Waals surface area contributed by atoms with Crippen LogP contribution in [0.15, 0.2) is 36.0 Å². The summed E-state index contributed by atoms with van der Waals surface area (Å²) in [5.41, 5.74) is 5.69. The maximum absolute atomic E-state index is 12.2. The highest BCUT2D eigenvalue weighted by Gasteiger charge is 2.31. The summed E-state index contributed by atoms with van der Waals surface area (Å²) >= 11 is 6.56. The number of aromatic nitrogens is 1. The third-order valence-corrected chi connectivity index (χ3v) is 7.11. The van der Waals surface area contributed by atoms with Gasteiger partial charge in [-0.25, -0.2) is 9.78 Å². The van der Waals surface area contributed by atoms with Crippen LogP contribution in [-0.4, -0.2) is 61.2 Å². The molecule has 3 aliphatic rings. The molecule has 5 rings (SSSR count). The first kappa shape index (κ1) is 21.9. The number of amides is 2. The Morgan fingerprint density at radius 1 is 1.33 bits per heavy atom. The fraction of sp³-hybridized carbons (Fsp3) is 0.440. The molecule has 2 aromatic rings. The minimum atomic E-state index is 0.0603.